The SMILES string of the molecule is CN(CCCCCO)CCC(=O)c1ccccc1. The molecule has 0 unspecified atom stereocenters. The minimum absolute atomic E-state index is 0.206. The first-order valence-corrected chi connectivity index (χ1v) is 6.61. The van der Waals surface area contributed by atoms with Gasteiger partial charge in [-0.2, -0.15) is 0 Å². The van der Waals surface area contributed by atoms with Crippen molar-refractivity contribution in [2.24, 2.45) is 0 Å². The number of benzene rings is 1. The summed E-state index contributed by atoms with van der Waals surface area (Å²) in [7, 11) is 2.04. The molecule has 0 amide bonds. The molecule has 0 bridgehead atoms. The molecule has 0 aromatic heterocycles. The molecule has 0 aliphatic heterocycles. The summed E-state index contributed by atoms with van der Waals surface area (Å²) < 4.78 is 0. The van der Waals surface area contributed by atoms with E-state index in [1.807, 2.05) is 37.4 Å². The van der Waals surface area contributed by atoms with E-state index in [2.05, 4.69) is 4.90 Å². The highest BCUT2D eigenvalue weighted by molar-refractivity contribution is 5.96. The third-order valence-electron chi connectivity index (χ3n) is 3.01. The highest BCUT2D eigenvalue weighted by Gasteiger charge is 2.06. The van der Waals surface area contributed by atoms with Crippen LogP contribution in [-0.4, -0.2) is 42.5 Å². The van der Waals surface area contributed by atoms with Crippen molar-refractivity contribution in [3.63, 3.8) is 0 Å². The number of nitrogens with zero attached hydrogens (tertiary/aromatic N) is 1. The van der Waals surface area contributed by atoms with E-state index < -0.39 is 0 Å². The molecule has 1 aromatic rings. The van der Waals surface area contributed by atoms with Crippen LogP contribution in [0.15, 0.2) is 30.3 Å². The summed E-state index contributed by atoms with van der Waals surface area (Å²) in [6.07, 6.45) is 3.57. The molecule has 1 aromatic carbocycles. The summed E-state index contributed by atoms with van der Waals surface area (Å²) >= 11 is 0. The van der Waals surface area contributed by atoms with Crippen molar-refractivity contribution in [2.75, 3.05) is 26.7 Å². The standard InChI is InChI=1S/C15H23NO2/c1-16(11-6-3-7-13-17)12-10-15(18)14-8-4-2-5-9-14/h2,4-5,8-9,17H,3,6-7,10-13H2,1H3. The number of hydrogen-bond donors (Lipinski definition) is 1. The highest BCUT2D eigenvalue weighted by Crippen LogP contribution is 2.04. The van der Waals surface area contributed by atoms with Gasteiger partial charge in [-0.1, -0.05) is 30.3 Å². The molecule has 0 aliphatic rings. The Morgan fingerprint density at radius 3 is 2.50 bits per heavy atom. The van der Waals surface area contributed by atoms with E-state index in [0.717, 1.165) is 37.9 Å². The fraction of sp³-hybridized carbons (Fsp3) is 0.533. The smallest absolute Gasteiger partial charge is 0.164 e. The van der Waals surface area contributed by atoms with Gasteiger partial charge in [-0.25, -0.2) is 0 Å². The van der Waals surface area contributed by atoms with Crippen LogP contribution in [0.1, 0.15) is 36.0 Å². The number of Topliss-reactive ketones (excluding diaryl/α,β-unsaturated/α-hetero) is 1. The van der Waals surface area contributed by atoms with Gasteiger partial charge in [-0.05, 0) is 32.9 Å². The molecule has 18 heavy (non-hydrogen) atoms. The maximum atomic E-state index is 11.9. The zero-order valence-electron chi connectivity index (χ0n) is 11.1. The number of ketones is 1. The summed E-state index contributed by atoms with van der Waals surface area (Å²) in [5, 5.41) is 8.68. The molecule has 0 heterocycles. The predicted molar refractivity (Wildman–Crippen MR) is 73.8 cm³/mol. The Hall–Kier alpha value is -1.19. The summed E-state index contributed by atoms with van der Waals surface area (Å²) in [6, 6.07) is 9.44. The second-order valence-corrected chi connectivity index (χ2v) is 4.63. The molecule has 0 saturated carbocycles. The van der Waals surface area contributed by atoms with E-state index in [1.165, 1.54) is 0 Å². The number of carbonyl (C=O) groups is 1. The third-order valence-corrected chi connectivity index (χ3v) is 3.01. The number of hydrogen-bond acceptors (Lipinski definition) is 3. The summed E-state index contributed by atoms with van der Waals surface area (Å²) in [4.78, 5) is 14.0. The third kappa shape index (κ3) is 5.94. The molecule has 0 fully saturated rings. The van der Waals surface area contributed by atoms with Crippen LogP contribution in [0.25, 0.3) is 0 Å². The predicted octanol–water partition coefficient (Wildman–Crippen LogP) is 2.35. The van der Waals surface area contributed by atoms with Gasteiger partial charge in [0, 0.05) is 25.1 Å². The molecular weight excluding hydrogens is 226 g/mol. The second-order valence-electron chi connectivity index (χ2n) is 4.63. The van der Waals surface area contributed by atoms with Crippen LogP contribution < -0.4 is 0 Å². The first-order valence-electron chi connectivity index (χ1n) is 6.61. The second kappa shape index (κ2) is 8.84. The van der Waals surface area contributed by atoms with Crippen LogP contribution in [0.5, 0.6) is 0 Å². The van der Waals surface area contributed by atoms with Crippen LogP contribution >= 0.6 is 0 Å². The molecule has 0 aliphatic carbocycles. The Morgan fingerprint density at radius 1 is 1.11 bits per heavy atom. The minimum atomic E-state index is 0.206. The molecule has 0 saturated heterocycles. The van der Waals surface area contributed by atoms with Crippen LogP contribution in [0, 0.1) is 0 Å². The lowest BCUT2D eigenvalue weighted by Gasteiger charge is -2.15. The summed E-state index contributed by atoms with van der Waals surface area (Å²) in [5.74, 6) is 0.206. The topological polar surface area (TPSA) is 40.5 Å². The van der Waals surface area contributed by atoms with Gasteiger partial charge in [0.05, 0.1) is 0 Å². The van der Waals surface area contributed by atoms with E-state index >= 15 is 0 Å². The van der Waals surface area contributed by atoms with Gasteiger partial charge >= 0.3 is 0 Å². The molecule has 3 nitrogen and oxygen atoms in total. The fourth-order valence-electron chi connectivity index (χ4n) is 1.84. The first kappa shape index (κ1) is 14.9. The first-order chi connectivity index (χ1) is 8.74. The van der Waals surface area contributed by atoms with Gasteiger partial charge in [0.1, 0.15) is 0 Å². The zero-order chi connectivity index (χ0) is 13.2. The normalized spacial score (nSPS) is 10.8. The number of aliphatic hydroxyl groups excluding tert-OH is 1. The van der Waals surface area contributed by atoms with E-state index in [0.29, 0.717) is 6.42 Å². The van der Waals surface area contributed by atoms with Gasteiger partial charge in [0.25, 0.3) is 0 Å². The van der Waals surface area contributed by atoms with E-state index in [1.54, 1.807) is 0 Å². The van der Waals surface area contributed by atoms with Gasteiger partial charge in [-0.15, -0.1) is 0 Å². The molecule has 3 heteroatoms. The quantitative estimate of drug-likeness (QED) is 0.539. The fourth-order valence-corrected chi connectivity index (χ4v) is 1.84. The van der Waals surface area contributed by atoms with E-state index in [4.69, 9.17) is 5.11 Å². The number of unbranched alkanes of at least 4 members (excludes halogenated alkanes) is 2. The van der Waals surface area contributed by atoms with Crippen molar-refractivity contribution in [3.8, 4) is 0 Å². The Labute approximate surface area is 109 Å². The Kier molecular flexibility index (Phi) is 7.30. The lowest BCUT2D eigenvalue weighted by molar-refractivity contribution is 0.0968. The lowest BCUT2D eigenvalue weighted by Crippen LogP contribution is -2.23. The van der Waals surface area contributed by atoms with Gasteiger partial charge < -0.3 is 10.0 Å². The maximum absolute atomic E-state index is 11.9. The molecule has 0 atom stereocenters. The van der Waals surface area contributed by atoms with E-state index in [-0.39, 0.29) is 12.4 Å². The molecule has 0 radical (unpaired) electrons. The average molecular weight is 249 g/mol. The minimum Gasteiger partial charge on any atom is -0.396 e. The Bertz CT molecular complexity index is 338. The van der Waals surface area contributed by atoms with Gasteiger partial charge in [-0.3, -0.25) is 4.79 Å². The van der Waals surface area contributed by atoms with Gasteiger partial charge in [0.15, 0.2) is 5.78 Å². The maximum Gasteiger partial charge on any atom is 0.164 e. The molecule has 0 spiro atoms. The Morgan fingerprint density at radius 2 is 1.83 bits per heavy atom. The lowest BCUT2D eigenvalue weighted by atomic mass is 10.1. The van der Waals surface area contributed by atoms with Gasteiger partial charge in [0.2, 0.25) is 0 Å². The summed E-state index contributed by atoms with van der Waals surface area (Å²) in [6.45, 7) is 2.06. The van der Waals surface area contributed by atoms with Crippen molar-refractivity contribution in [1.29, 1.82) is 0 Å². The van der Waals surface area contributed by atoms with Crippen molar-refractivity contribution < 1.29 is 9.90 Å². The molecule has 1 rings (SSSR count). The van der Waals surface area contributed by atoms with Crippen LogP contribution in [0.4, 0.5) is 0 Å². The molecule has 100 valence electrons. The Balaban J connectivity index is 2.18. The molecule has 1 N–H and O–H groups in total. The van der Waals surface area contributed by atoms with Crippen molar-refractivity contribution in [3.05, 3.63) is 35.9 Å². The van der Waals surface area contributed by atoms with Crippen molar-refractivity contribution >= 4 is 5.78 Å². The average Bonchev–Trinajstić information content (AvgIpc) is 2.42. The zero-order valence-corrected chi connectivity index (χ0v) is 11.1. The molecular formula is C15H23NO2. The van der Waals surface area contributed by atoms with Crippen LogP contribution in [-0.2, 0) is 0 Å². The largest absolute Gasteiger partial charge is 0.396 e. The number of carbonyl (C=O) groups excluding carboxylic acids is 1. The number of aliphatic hydroxyl groups is 1. The van der Waals surface area contributed by atoms with E-state index in [9.17, 15) is 4.79 Å². The van der Waals surface area contributed by atoms with Crippen molar-refractivity contribution in [2.45, 2.75) is 25.7 Å². The monoisotopic (exact) mass is 249 g/mol. The highest BCUT2D eigenvalue weighted by atomic mass is 16.2. The van der Waals surface area contributed by atoms with Crippen LogP contribution in [0.3, 0.4) is 0 Å². The van der Waals surface area contributed by atoms with Crippen molar-refractivity contribution in [1.82, 2.24) is 4.90 Å². The van der Waals surface area contributed by atoms with Crippen LogP contribution in [0.2, 0.25) is 0 Å². The summed E-state index contributed by atoms with van der Waals surface area (Å²) in [5.41, 5.74) is 0.797. The number of rotatable bonds is 9.